The zero-order valence-corrected chi connectivity index (χ0v) is 7.91. The molecule has 0 saturated carbocycles. The molecule has 0 aliphatic heterocycles. The number of aromatic hydroxyl groups is 1. The number of rotatable bonds is 3. The van der Waals surface area contributed by atoms with Crippen molar-refractivity contribution in [3.05, 3.63) is 11.8 Å². The van der Waals surface area contributed by atoms with E-state index in [4.69, 9.17) is 0 Å². The average molecular weight is 168 g/mol. The van der Waals surface area contributed by atoms with Crippen LogP contribution in [0.1, 0.15) is 38.7 Å². The average Bonchev–Trinajstić information content (AvgIpc) is 2.34. The van der Waals surface area contributed by atoms with Gasteiger partial charge in [0.25, 0.3) is 0 Å². The number of hydrogen-bond donors (Lipinski definition) is 1. The standard InChI is InChI=1S/C9H16N2O/c1-4-5-11-9(12)8(6-10-11)7(2)3/h6-7,12H,4-5H2,1-3H3. The topological polar surface area (TPSA) is 38.0 Å². The van der Waals surface area contributed by atoms with Crippen LogP contribution in [-0.2, 0) is 6.54 Å². The van der Waals surface area contributed by atoms with Crippen LogP contribution in [0.3, 0.4) is 0 Å². The zero-order valence-electron chi connectivity index (χ0n) is 7.91. The Balaban J connectivity index is 2.88. The maximum absolute atomic E-state index is 9.63. The van der Waals surface area contributed by atoms with E-state index in [2.05, 4.69) is 12.0 Å². The molecule has 0 bridgehead atoms. The molecule has 0 fully saturated rings. The highest BCUT2D eigenvalue weighted by molar-refractivity contribution is 5.25. The van der Waals surface area contributed by atoms with E-state index in [0.29, 0.717) is 11.8 Å². The van der Waals surface area contributed by atoms with Gasteiger partial charge in [-0.3, -0.25) is 0 Å². The highest BCUT2D eigenvalue weighted by Gasteiger charge is 2.10. The molecule has 68 valence electrons. The van der Waals surface area contributed by atoms with Crippen molar-refractivity contribution in [3.8, 4) is 5.88 Å². The van der Waals surface area contributed by atoms with E-state index in [-0.39, 0.29) is 0 Å². The Labute approximate surface area is 73.0 Å². The summed E-state index contributed by atoms with van der Waals surface area (Å²) < 4.78 is 1.65. The van der Waals surface area contributed by atoms with Gasteiger partial charge in [0.2, 0.25) is 5.88 Å². The fourth-order valence-corrected chi connectivity index (χ4v) is 1.18. The predicted octanol–water partition coefficient (Wildman–Crippen LogP) is 2.12. The molecule has 0 amide bonds. The lowest BCUT2D eigenvalue weighted by molar-refractivity contribution is 0.391. The van der Waals surface area contributed by atoms with Crippen LogP contribution in [-0.4, -0.2) is 14.9 Å². The molecule has 0 radical (unpaired) electrons. The molecule has 3 nitrogen and oxygen atoms in total. The normalized spacial score (nSPS) is 11.0. The molecule has 1 aromatic heterocycles. The van der Waals surface area contributed by atoms with Gasteiger partial charge in [0.15, 0.2) is 0 Å². The van der Waals surface area contributed by atoms with E-state index in [9.17, 15) is 5.11 Å². The molecule has 0 aliphatic rings. The van der Waals surface area contributed by atoms with Crippen LogP contribution in [0.25, 0.3) is 0 Å². The SMILES string of the molecule is CCCn1ncc(C(C)C)c1O. The molecule has 12 heavy (non-hydrogen) atoms. The quantitative estimate of drug-likeness (QED) is 0.750. The Hall–Kier alpha value is -0.990. The van der Waals surface area contributed by atoms with Gasteiger partial charge in [-0.1, -0.05) is 20.8 Å². The second-order valence-electron chi connectivity index (χ2n) is 3.30. The number of hydrogen-bond acceptors (Lipinski definition) is 2. The lowest BCUT2D eigenvalue weighted by Crippen LogP contribution is -1.97. The maximum Gasteiger partial charge on any atom is 0.212 e. The summed E-state index contributed by atoms with van der Waals surface area (Å²) in [5.74, 6) is 0.669. The first-order chi connectivity index (χ1) is 5.66. The Kier molecular flexibility index (Phi) is 2.74. The minimum absolute atomic E-state index is 0.326. The van der Waals surface area contributed by atoms with Gasteiger partial charge in [0.1, 0.15) is 0 Å². The minimum atomic E-state index is 0.326. The van der Waals surface area contributed by atoms with Crippen molar-refractivity contribution in [2.45, 2.75) is 39.7 Å². The van der Waals surface area contributed by atoms with E-state index in [0.717, 1.165) is 18.5 Å². The van der Waals surface area contributed by atoms with E-state index >= 15 is 0 Å². The predicted molar refractivity (Wildman–Crippen MR) is 48.3 cm³/mol. The fraction of sp³-hybridized carbons (Fsp3) is 0.667. The highest BCUT2D eigenvalue weighted by atomic mass is 16.3. The van der Waals surface area contributed by atoms with Crippen molar-refractivity contribution >= 4 is 0 Å². The Morgan fingerprint density at radius 3 is 2.67 bits per heavy atom. The first kappa shape index (κ1) is 9.10. The van der Waals surface area contributed by atoms with Gasteiger partial charge in [0.05, 0.1) is 6.20 Å². The van der Waals surface area contributed by atoms with Crippen LogP contribution in [0.2, 0.25) is 0 Å². The van der Waals surface area contributed by atoms with E-state index in [1.165, 1.54) is 0 Å². The molecule has 3 heteroatoms. The Bertz CT molecular complexity index is 253. The van der Waals surface area contributed by atoms with Crippen molar-refractivity contribution in [3.63, 3.8) is 0 Å². The van der Waals surface area contributed by atoms with Crippen molar-refractivity contribution < 1.29 is 5.11 Å². The molecular formula is C9H16N2O. The van der Waals surface area contributed by atoms with Gasteiger partial charge < -0.3 is 5.11 Å². The van der Waals surface area contributed by atoms with Crippen molar-refractivity contribution in [1.29, 1.82) is 0 Å². The van der Waals surface area contributed by atoms with Gasteiger partial charge in [-0.15, -0.1) is 0 Å². The Morgan fingerprint density at radius 1 is 1.58 bits per heavy atom. The third kappa shape index (κ3) is 1.60. The van der Waals surface area contributed by atoms with Crippen LogP contribution in [0.5, 0.6) is 5.88 Å². The largest absolute Gasteiger partial charge is 0.493 e. The molecule has 1 N–H and O–H groups in total. The zero-order chi connectivity index (χ0) is 9.14. The van der Waals surface area contributed by atoms with Gasteiger partial charge in [-0.25, -0.2) is 4.68 Å². The smallest absolute Gasteiger partial charge is 0.212 e. The number of aromatic nitrogens is 2. The molecule has 0 spiro atoms. The van der Waals surface area contributed by atoms with E-state index < -0.39 is 0 Å². The van der Waals surface area contributed by atoms with Gasteiger partial charge >= 0.3 is 0 Å². The maximum atomic E-state index is 9.63. The molecule has 0 unspecified atom stereocenters. The summed E-state index contributed by atoms with van der Waals surface area (Å²) in [5.41, 5.74) is 0.934. The second kappa shape index (κ2) is 3.61. The van der Waals surface area contributed by atoms with Crippen molar-refractivity contribution in [1.82, 2.24) is 9.78 Å². The van der Waals surface area contributed by atoms with Crippen LogP contribution in [0.4, 0.5) is 0 Å². The lowest BCUT2D eigenvalue weighted by atomic mass is 10.1. The van der Waals surface area contributed by atoms with Crippen LogP contribution in [0, 0.1) is 0 Å². The third-order valence-electron chi connectivity index (χ3n) is 1.90. The molecule has 1 aromatic rings. The van der Waals surface area contributed by atoms with Crippen molar-refractivity contribution in [2.75, 3.05) is 0 Å². The van der Waals surface area contributed by atoms with Crippen LogP contribution < -0.4 is 0 Å². The lowest BCUT2D eigenvalue weighted by Gasteiger charge is -2.03. The summed E-state index contributed by atoms with van der Waals surface area (Å²) in [5, 5.41) is 13.7. The minimum Gasteiger partial charge on any atom is -0.493 e. The Morgan fingerprint density at radius 2 is 2.25 bits per heavy atom. The van der Waals surface area contributed by atoms with Gasteiger partial charge in [-0.05, 0) is 12.3 Å². The van der Waals surface area contributed by atoms with E-state index in [1.807, 2.05) is 13.8 Å². The summed E-state index contributed by atoms with van der Waals surface area (Å²) >= 11 is 0. The highest BCUT2D eigenvalue weighted by Crippen LogP contribution is 2.24. The third-order valence-corrected chi connectivity index (χ3v) is 1.90. The monoisotopic (exact) mass is 168 g/mol. The second-order valence-corrected chi connectivity index (χ2v) is 3.30. The summed E-state index contributed by atoms with van der Waals surface area (Å²) in [4.78, 5) is 0. The molecule has 0 saturated heterocycles. The molecule has 0 aromatic carbocycles. The number of nitrogens with zero attached hydrogens (tertiary/aromatic N) is 2. The summed E-state index contributed by atoms with van der Waals surface area (Å²) in [6.45, 7) is 6.95. The molecule has 0 atom stereocenters. The summed E-state index contributed by atoms with van der Waals surface area (Å²) in [7, 11) is 0. The number of aryl methyl sites for hydroxylation is 1. The molecule has 0 aliphatic carbocycles. The fourth-order valence-electron chi connectivity index (χ4n) is 1.18. The summed E-state index contributed by atoms with van der Waals surface area (Å²) in [6.07, 6.45) is 2.74. The van der Waals surface area contributed by atoms with Crippen LogP contribution in [0.15, 0.2) is 6.20 Å². The first-order valence-corrected chi connectivity index (χ1v) is 4.41. The molecule has 1 rings (SSSR count). The summed E-state index contributed by atoms with van der Waals surface area (Å²) in [6, 6.07) is 0. The molecular weight excluding hydrogens is 152 g/mol. The van der Waals surface area contributed by atoms with E-state index in [1.54, 1.807) is 10.9 Å². The van der Waals surface area contributed by atoms with Gasteiger partial charge in [-0.2, -0.15) is 5.10 Å². The van der Waals surface area contributed by atoms with Gasteiger partial charge in [0, 0.05) is 12.1 Å². The van der Waals surface area contributed by atoms with Crippen molar-refractivity contribution in [2.24, 2.45) is 0 Å². The van der Waals surface area contributed by atoms with Crippen LogP contribution >= 0.6 is 0 Å². The molecule has 1 heterocycles. The first-order valence-electron chi connectivity index (χ1n) is 4.41.